The molecule has 1 aliphatic heterocycles. The van der Waals surface area contributed by atoms with Crippen molar-refractivity contribution in [3.8, 4) is 5.75 Å². The largest absolute Gasteiger partial charge is 0.489 e. The van der Waals surface area contributed by atoms with E-state index in [1.165, 1.54) is 24.0 Å². The molecule has 0 aromatic heterocycles. The van der Waals surface area contributed by atoms with Crippen LogP contribution in [0.25, 0.3) is 0 Å². The van der Waals surface area contributed by atoms with Crippen LogP contribution >= 0.6 is 0 Å². The van der Waals surface area contributed by atoms with Gasteiger partial charge in [-0.1, -0.05) is 49.4 Å². The average Bonchev–Trinajstić information content (AvgIpc) is 2.64. The molecule has 24 heavy (non-hydrogen) atoms. The summed E-state index contributed by atoms with van der Waals surface area (Å²) in [7, 11) is 0. The molecule has 0 saturated carbocycles. The van der Waals surface area contributed by atoms with E-state index in [2.05, 4.69) is 48.2 Å². The van der Waals surface area contributed by atoms with Gasteiger partial charge in [0.25, 0.3) is 0 Å². The summed E-state index contributed by atoms with van der Waals surface area (Å²) in [5, 5.41) is 0. The van der Waals surface area contributed by atoms with Gasteiger partial charge in [0, 0.05) is 12.6 Å². The highest BCUT2D eigenvalue weighted by Crippen LogP contribution is 2.27. The Morgan fingerprint density at radius 3 is 2.33 bits per heavy atom. The third-order valence-corrected chi connectivity index (χ3v) is 5.00. The molecule has 1 aliphatic rings. The third kappa shape index (κ3) is 4.37. The number of hydrogen-bond donors (Lipinski definition) is 1. The minimum absolute atomic E-state index is 0.320. The van der Waals surface area contributed by atoms with E-state index in [4.69, 9.17) is 10.5 Å². The molecular weight excluding hydrogens is 296 g/mol. The quantitative estimate of drug-likeness (QED) is 0.873. The zero-order valence-corrected chi connectivity index (χ0v) is 14.5. The van der Waals surface area contributed by atoms with Crippen molar-refractivity contribution in [2.75, 3.05) is 19.6 Å². The lowest BCUT2D eigenvalue weighted by atomic mass is 9.96. The lowest BCUT2D eigenvalue weighted by Gasteiger charge is -2.36. The Morgan fingerprint density at radius 1 is 1.04 bits per heavy atom. The molecule has 0 aliphatic carbocycles. The summed E-state index contributed by atoms with van der Waals surface area (Å²) in [5.41, 5.74) is 8.55. The zero-order valence-electron chi connectivity index (χ0n) is 14.5. The first-order valence-corrected chi connectivity index (χ1v) is 8.97. The van der Waals surface area contributed by atoms with Gasteiger partial charge in [0.05, 0.1) is 0 Å². The van der Waals surface area contributed by atoms with Gasteiger partial charge in [-0.3, -0.25) is 4.90 Å². The maximum absolute atomic E-state index is 6.07. The predicted molar refractivity (Wildman–Crippen MR) is 99.0 cm³/mol. The Balaban J connectivity index is 1.60. The molecule has 2 aromatic carbocycles. The summed E-state index contributed by atoms with van der Waals surface area (Å²) in [4.78, 5) is 2.53. The van der Waals surface area contributed by atoms with Crippen LogP contribution in [0.15, 0.2) is 54.6 Å². The molecule has 0 radical (unpaired) electrons. The van der Waals surface area contributed by atoms with E-state index in [1.807, 2.05) is 18.2 Å². The van der Waals surface area contributed by atoms with Crippen LogP contribution in [0, 0.1) is 5.92 Å². The molecule has 0 amide bonds. The van der Waals surface area contributed by atoms with Crippen molar-refractivity contribution in [2.45, 2.75) is 32.4 Å². The summed E-state index contributed by atoms with van der Waals surface area (Å²) in [6.07, 6.45) is 2.55. The Labute approximate surface area is 145 Å². The number of rotatable bonds is 6. The standard InChI is InChI=1S/C21H28N2O/c1-17-11-13-23(14-12-17)21(15-22)19-7-9-20(10-8-19)24-16-18-5-3-2-4-6-18/h2-10,17,21H,11-16,22H2,1H3. The van der Waals surface area contributed by atoms with E-state index in [9.17, 15) is 0 Å². The van der Waals surface area contributed by atoms with E-state index in [0.29, 0.717) is 19.2 Å². The fraction of sp³-hybridized carbons (Fsp3) is 0.429. The number of nitrogens with zero attached hydrogens (tertiary/aromatic N) is 1. The number of likely N-dealkylation sites (tertiary alicyclic amines) is 1. The van der Waals surface area contributed by atoms with Crippen LogP contribution in [0.2, 0.25) is 0 Å². The van der Waals surface area contributed by atoms with Crippen molar-refractivity contribution in [3.05, 3.63) is 65.7 Å². The number of hydrogen-bond acceptors (Lipinski definition) is 3. The molecule has 1 fully saturated rings. The number of ether oxygens (including phenoxy) is 1. The minimum atomic E-state index is 0.320. The summed E-state index contributed by atoms with van der Waals surface area (Å²) >= 11 is 0. The van der Waals surface area contributed by atoms with Gasteiger partial charge < -0.3 is 10.5 Å². The molecule has 0 spiro atoms. The molecule has 3 rings (SSSR count). The van der Waals surface area contributed by atoms with Gasteiger partial charge >= 0.3 is 0 Å². The van der Waals surface area contributed by atoms with Gasteiger partial charge in [-0.05, 0) is 55.1 Å². The van der Waals surface area contributed by atoms with Crippen LogP contribution in [-0.2, 0) is 6.61 Å². The predicted octanol–water partition coefficient (Wildman–Crippen LogP) is 4.00. The number of piperidine rings is 1. The SMILES string of the molecule is CC1CCN(C(CN)c2ccc(OCc3ccccc3)cc2)CC1. The van der Waals surface area contributed by atoms with Gasteiger partial charge in [0.15, 0.2) is 0 Å². The monoisotopic (exact) mass is 324 g/mol. The fourth-order valence-corrected chi connectivity index (χ4v) is 3.36. The normalized spacial score (nSPS) is 17.6. The second kappa shape index (κ2) is 8.32. The second-order valence-electron chi connectivity index (χ2n) is 6.81. The van der Waals surface area contributed by atoms with E-state index in [0.717, 1.165) is 24.8 Å². The van der Waals surface area contributed by atoms with E-state index in [1.54, 1.807) is 0 Å². The third-order valence-electron chi connectivity index (χ3n) is 5.00. The fourth-order valence-electron chi connectivity index (χ4n) is 3.36. The van der Waals surface area contributed by atoms with Crippen LogP contribution in [0.3, 0.4) is 0 Å². The van der Waals surface area contributed by atoms with Crippen molar-refractivity contribution in [1.82, 2.24) is 4.90 Å². The van der Waals surface area contributed by atoms with Gasteiger partial charge in [-0.2, -0.15) is 0 Å². The first kappa shape index (κ1) is 17.0. The Hall–Kier alpha value is -1.84. The lowest BCUT2D eigenvalue weighted by Crippen LogP contribution is -2.39. The van der Waals surface area contributed by atoms with Gasteiger partial charge in [0.2, 0.25) is 0 Å². The minimum Gasteiger partial charge on any atom is -0.489 e. The molecule has 3 heteroatoms. The zero-order chi connectivity index (χ0) is 16.8. The molecule has 1 atom stereocenters. The summed E-state index contributed by atoms with van der Waals surface area (Å²) in [5.74, 6) is 1.75. The molecule has 1 unspecified atom stereocenters. The molecule has 128 valence electrons. The van der Waals surface area contributed by atoms with Crippen LogP contribution in [0.5, 0.6) is 5.75 Å². The van der Waals surface area contributed by atoms with Crippen molar-refractivity contribution in [2.24, 2.45) is 11.7 Å². The maximum atomic E-state index is 6.07. The first-order valence-electron chi connectivity index (χ1n) is 8.97. The molecule has 0 bridgehead atoms. The Kier molecular flexibility index (Phi) is 5.89. The number of benzene rings is 2. The molecule has 2 aromatic rings. The maximum Gasteiger partial charge on any atom is 0.119 e. The molecule has 1 saturated heterocycles. The lowest BCUT2D eigenvalue weighted by molar-refractivity contribution is 0.141. The van der Waals surface area contributed by atoms with Crippen molar-refractivity contribution >= 4 is 0 Å². The van der Waals surface area contributed by atoms with Crippen molar-refractivity contribution in [1.29, 1.82) is 0 Å². The molecule has 3 nitrogen and oxygen atoms in total. The van der Waals surface area contributed by atoms with Crippen molar-refractivity contribution < 1.29 is 4.74 Å². The highest BCUT2D eigenvalue weighted by molar-refractivity contribution is 5.30. The van der Waals surface area contributed by atoms with Crippen LogP contribution in [0.1, 0.15) is 36.9 Å². The van der Waals surface area contributed by atoms with E-state index < -0.39 is 0 Å². The van der Waals surface area contributed by atoms with Crippen molar-refractivity contribution in [3.63, 3.8) is 0 Å². The van der Waals surface area contributed by atoms with Gasteiger partial charge in [-0.15, -0.1) is 0 Å². The van der Waals surface area contributed by atoms with Crippen LogP contribution in [-0.4, -0.2) is 24.5 Å². The summed E-state index contributed by atoms with van der Waals surface area (Å²) in [6.45, 7) is 5.90. The average molecular weight is 324 g/mol. The summed E-state index contributed by atoms with van der Waals surface area (Å²) < 4.78 is 5.88. The Morgan fingerprint density at radius 2 is 1.71 bits per heavy atom. The molecule has 2 N–H and O–H groups in total. The van der Waals surface area contributed by atoms with Crippen LogP contribution in [0.4, 0.5) is 0 Å². The second-order valence-corrected chi connectivity index (χ2v) is 6.81. The Bertz CT molecular complexity index is 603. The first-order chi connectivity index (χ1) is 11.8. The van der Waals surface area contributed by atoms with Gasteiger partial charge in [0.1, 0.15) is 12.4 Å². The smallest absolute Gasteiger partial charge is 0.119 e. The van der Waals surface area contributed by atoms with E-state index >= 15 is 0 Å². The highest BCUT2D eigenvalue weighted by Gasteiger charge is 2.23. The van der Waals surface area contributed by atoms with E-state index in [-0.39, 0.29) is 0 Å². The highest BCUT2D eigenvalue weighted by atomic mass is 16.5. The van der Waals surface area contributed by atoms with Gasteiger partial charge in [-0.25, -0.2) is 0 Å². The molecule has 1 heterocycles. The topological polar surface area (TPSA) is 38.5 Å². The molecular formula is C21H28N2O. The summed E-state index contributed by atoms with van der Waals surface area (Å²) in [6, 6.07) is 19.0. The number of nitrogens with two attached hydrogens (primary N) is 1. The van der Waals surface area contributed by atoms with Crippen LogP contribution < -0.4 is 10.5 Å².